The van der Waals surface area contributed by atoms with Crippen molar-refractivity contribution in [2.24, 2.45) is 0 Å². The van der Waals surface area contributed by atoms with Gasteiger partial charge in [-0.1, -0.05) is 24.1 Å². The predicted molar refractivity (Wildman–Crippen MR) is 58.3 cm³/mol. The number of para-hydroxylation sites is 1. The number of benzene rings is 1. The van der Waals surface area contributed by atoms with Crippen LogP contribution in [0.1, 0.15) is 6.92 Å². The smallest absolute Gasteiger partial charge is 0.119 e. The summed E-state index contributed by atoms with van der Waals surface area (Å²) in [4.78, 5) is 0. The Morgan fingerprint density at radius 3 is 2.79 bits per heavy atom. The highest BCUT2D eigenvalue weighted by Gasteiger charge is 1.89. The third-order valence-electron chi connectivity index (χ3n) is 1.68. The molecule has 0 radical (unpaired) electrons. The fraction of sp³-hybridized carbons (Fsp3) is 0.333. The molecule has 0 aliphatic rings. The highest BCUT2D eigenvalue weighted by atomic mass is 16.5. The minimum atomic E-state index is 0.676. The zero-order chi connectivity index (χ0) is 10.1. The molecule has 0 saturated heterocycles. The summed E-state index contributed by atoms with van der Waals surface area (Å²) in [5, 5.41) is 3.16. The van der Waals surface area contributed by atoms with Crippen molar-refractivity contribution < 1.29 is 4.74 Å². The Kier molecular flexibility index (Phi) is 5.30. The number of hydrogen-bond acceptors (Lipinski definition) is 2. The Morgan fingerprint density at radius 1 is 1.29 bits per heavy atom. The van der Waals surface area contributed by atoms with Gasteiger partial charge in [-0.15, -0.1) is 5.92 Å². The molecule has 0 heterocycles. The summed E-state index contributed by atoms with van der Waals surface area (Å²) in [6, 6.07) is 9.80. The van der Waals surface area contributed by atoms with Crippen LogP contribution >= 0.6 is 0 Å². The van der Waals surface area contributed by atoms with Crippen LogP contribution in [0.15, 0.2) is 30.3 Å². The second-order valence-corrected chi connectivity index (χ2v) is 2.77. The average Bonchev–Trinajstić information content (AvgIpc) is 2.25. The van der Waals surface area contributed by atoms with Gasteiger partial charge in [0, 0.05) is 6.54 Å². The fourth-order valence-corrected chi connectivity index (χ4v) is 0.997. The molecule has 74 valence electrons. The first-order valence-corrected chi connectivity index (χ1v) is 4.71. The van der Waals surface area contributed by atoms with Gasteiger partial charge in [0.25, 0.3) is 0 Å². The maximum absolute atomic E-state index is 5.48. The molecule has 2 nitrogen and oxygen atoms in total. The zero-order valence-corrected chi connectivity index (χ0v) is 8.42. The molecule has 0 atom stereocenters. The summed E-state index contributed by atoms with van der Waals surface area (Å²) in [7, 11) is 0. The molecule has 0 aromatic heterocycles. The van der Waals surface area contributed by atoms with Crippen LogP contribution in [0.2, 0.25) is 0 Å². The van der Waals surface area contributed by atoms with E-state index in [0.29, 0.717) is 6.61 Å². The van der Waals surface area contributed by atoms with Crippen molar-refractivity contribution in [3.05, 3.63) is 30.3 Å². The number of hydrogen-bond donors (Lipinski definition) is 1. The standard InChI is InChI=1S/C12H15NO/c1-2-3-9-13-10-11-14-12-7-5-4-6-8-12/h4-8,13H,9-11H2,1H3. The van der Waals surface area contributed by atoms with E-state index in [1.165, 1.54) is 0 Å². The van der Waals surface area contributed by atoms with E-state index < -0.39 is 0 Å². The largest absolute Gasteiger partial charge is 0.492 e. The van der Waals surface area contributed by atoms with Crippen molar-refractivity contribution in [2.75, 3.05) is 19.7 Å². The lowest BCUT2D eigenvalue weighted by atomic mass is 10.3. The highest BCUT2D eigenvalue weighted by Crippen LogP contribution is 2.07. The second kappa shape index (κ2) is 6.99. The van der Waals surface area contributed by atoms with Crippen LogP contribution in [0.25, 0.3) is 0 Å². The molecule has 1 aromatic rings. The van der Waals surface area contributed by atoms with Crippen molar-refractivity contribution in [3.8, 4) is 17.6 Å². The molecule has 2 heteroatoms. The van der Waals surface area contributed by atoms with Crippen molar-refractivity contribution in [1.29, 1.82) is 0 Å². The third kappa shape index (κ3) is 4.54. The van der Waals surface area contributed by atoms with Crippen molar-refractivity contribution >= 4 is 0 Å². The molecular formula is C12H15NO. The van der Waals surface area contributed by atoms with E-state index in [1.54, 1.807) is 0 Å². The van der Waals surface area contributed by atoms with Crippen LogP contribution < -0.4 is 10.1 Å². The van der Waals surface area contributed by atoms with Gasteiger partial charge in [-0.25, -0.2) is 0 Å². The molecular weight excluding hydrogens is 174 g/mol. The molecule has 0 fully saturated rings. The molecule has 14 heavy (non-hydrogen) atoms. The van der Waals surface area contributed by atoms with Crippen molar-refractivity contribution in [1.82, 2.24) is 5.32 Å². The van der Waals surface area contributed by atoms with E-state index in [1.807, 2.05) is 37.3 Å². The lowest BCUT2D eigenvalue weighted by molar-refractivity contribution is 0.317. The normalized spacial score (nSPS) is 8.93. The van der Waals surface area contributed by atoms with Crippen LogP contribution in [0.3, 0.4) is 0 Å². The van der Waals surface area contributed by atoms with Gasteiger partial charge in [0.15, 0.2) is 0 Å². The van der Waals surface area contributed by atoms with Crippen LogP contribution in [-0.4, -0.2) is 19.7 Å². The lowest BCUT2D eigenvalue weighted by Gasteiger charge is -2.05. The topological polar surface area (TPSA) is 21.3 Å². The first-order chi connectivity index (χ1) is 6.93. The highest BCUT2D eigenvalue weighted by molar-refractivity contribution is 5.20. The maximum Gasteiger partial charge on any atom is 0.119 e. The summed E-state index contributed by atoms with van der Waals surface area (Å²) in [6.45, 7) is 4.07. The van der Waals surface area contributed by atoms with Gasteiger partial charge in [-0.2, -0.15) is 0 Å². The maximum atomic E-state index is 5.48. The predicted octanol–water partition coefficient (Wildman–Crippen LogP) is 1.68. The molecule has 1 aromatic carbocycles. The molecule has 0 aliphatic heterocycles. The van der Waals surface area contributed by atoms with Crippen LogP contribution in [0, 0.1) is 11.8 Å². The Bertz CT molecular complexity index is 297. The van der Waals surface area contributed by atoms with E-state index in [9.17, 15) is 0 Å². The Labute approximate surface area is 85.3 Å². The van der Waals surface area contributed by atoms with Gasteiger partial charge >= 0.3 is 0 Å². The number of rotatable bonds is 5. The molecule has 0 aliphatic carbocycles. The summed E-state index contributed by atoms with van der Waals surface area (Å²) >= 11 is 0. The van der Waals surface area contributed by atoms with Crippen LogP contribution in [0.4, 0.5) is 0 Å². The van der Waals surface area contributed by atoms with E-state index in [4.69, 9.17) is 4.74 Å². The minimum absolute atomic E-state index is 0.676. The van der Waals surface area contributed by atoms with E-state index in [2.05, 4.69) is 17.2 Å². The van der Waals surface area contributed by atoms with Gasteiger partial charge in [0.2, 0.25) is 0 Å². The van der Waals surface area contributed by atoms with Crippen LogP contribution in [-0.2, 0) is 0 Å². The number of ether oxygens (including phenoxy) is 1. The zero-order valence-electron chi connectivity index (χ0n) is 8.42. The minimum Gasteiger partial charge on any atom is -0.492 e. The summed E-state index contributed by atoms with van der Waals surface area (Å²) < 4.78 is 5.48. The monoisotopic (exact) mass is 189 g/mol. The van der Waals surface area contributed by atoms with Gasteiger partial charge in [0.1, 0.15) is 12.4 Å². The van der Waals surface area contributed by atoms with Crippen molar-refractivity contribution in [3.63, 3.8) is 0 Å². The Balaban J connectivity index is 2.06. The lowest BCUT2D eigenvalue weighted by Crippen LogP contribution is -2.21. The molecule has 0 spiro atoms. The van der Waals surface area contributed by atoms with Crippen molar-refractivity contribution in [2.45, 2.75) is 6.92 Å². The molecule has 0 bridgehead atoms. The average molecular weight is 189 g/mol. The van der Waals surface area contributed by atoms with E-state index in [0.717, 1.165) is 18.8 Å². The first-order valence-electron chi connectivity index (χ1n) is 4.71. The van der Waals surface area contributed by atoms with Gasteiger partial charge in [-0.3, -0.25) is 0 Å². The third-order valence-corrected chi connectivity index (χ3v) is 1.68. The summed E-state index contributed by atoms with van der Waals surface area (Å²) in [5.74, 6) is 6.67. The Morgan fingerprint density at radius 2 is 2.07 bits per heavy atom. The quantitative estimate of drug-likeness (QED) is 0.562. The summed E-state index contributed by atoms with van der Waals surface area (Å²) in [5.41, 5.74) is 0. The molecule has 1 rings (SSSR count). The SMILES string of the molecule is CC#CCNCCOc1ccccc1. The summed E-state index contributed by atoms with van der Waals surface area (Å²) in [6.07, 6.45) is 0. The van der Waals surface area contributed by atoms with Crippen LogP contribution in [0.5, 0.6) is 5.75 Å². The van der Waals surface area contributed by atoms with Gasteiger partial charge < -0.3 is 10.1 Å². The molecule has 0 amide bonds. The van der Waals surface area contributed by atoms with Gasteiger partial charge in [-0.05, 0) is 19.1 Å². The van der Waals surface area contributed by atoms with E-state index >= 15 is 0 Å². The fourth-order valence-electron chi connectivity index (χ4n) is 0.997. The molecule has 0 saturated carbocycles. The molecule has 0 unspecified atom stereocenters. The van der Waals surface area contributed by atoms with Gasteiger partial charge in [0.05, 0.1) is 6.54 Å². The van der Waals surface area contributed by atoms with E-state index in [-0.39, 0.29) is 0 Å². The first kappa shape index (κ1) is 10.6. The Hall–Kier alpha value is -1.46. The number of nitrogens with one attached hydrogen (secondary N) is 1. The molecule has 1 N–H and O–H groups in total. The second-order valence-electron chi connectivity index (χ2n) is 2.77.